The number of carbonyl (C=O) groups is 1. The molecule has 0 bridgehead atoms. The van der Waals surface area contributed by atoms with Gasteiger partial charge in [0.15, 0.2) is 0 Å². The number of pyridine rings is 1. The van der Waals surface area contributed by atoms with Gasteiger partial charge >= 0.3 is 5.97 Å². The monoisotopic (exact) mass is 355 g/mol. The number of hydrogen-bond donors (Lipinski definition) is 0. The molecule has 0 fully saturated rings. The molecule has 0 saturated carbocycles. The summed E-state index contributed by atoms with van der Waals surface area (Å²) in [6, 6.07) is 3.87. The predicted octanol–water partition coefficient (Wildman–Crippen LogP) is 5.35. The van der Waals surface area contributed by atoms with Gasteiger partial charge in [-0.15, -0.1) is 0 Å². The van der Waals surface area contributed by atoms with E-state index in [1.165, 1.54) is 0 Å². The fraction of sp³-hybridized carbons (Fsp3) is 0.647. The van der Waals surface area contributed by atoms with Crippen LogP contribution in [0.5, 0.6) is 5.75 Å². The highest BCUT2D eigenvalue weighted by atomic mass is 32.2. The summed E-state index contributed by atoms with van der Waals surface area (Å²) < 4.78 is 11.3. The Hall–Kier alpha value is -1.01. The molecule has 0 aromatic carbocycles. The summed E-state index contributed by atoms with van der Waals surface area (Å²) in [6.07, 6.45) is 4.11. The third-order valence-electron chi connectivity index (χ3n) is 4.07. The number of hydrogen-bond acceptors (Lipinski definition) is 5. The van der Waals surface area contributed by atoms with E-state index in [0.717, 1.165) is 36.3 Å². The van der Waals surface area contributed by atoms with Crippen LogP contribution in [0.3, 0.4) is 0 Å². The summed E-state index contributed by atoms with van der Waals surface area (Å²) in [7, 11) is -1.83. The molecule has 0 radical (unpaired) electrons. The van der Waals surface area contributed by atoms with Gasteiger partial charge in [0.25, 0.3) is 8.32 Å². The molecule has 0 unspecified atom stereocenters. The van der Waals surface area contributed by atoms with E-state index in [1.807, 2.05) is 12.1 Å². The first-order chi connectivity index (χ1) is 10.7. The molecule has 6 heteroatoms. The molecule has 0 N–H and O–H groups in total. The van der Waals surface area contributed by atoms with Crippen molar-refractivity contribution in [1.29, 1.82) is 0 Å². The first-order valence-corrected chi connectivity index (χ1v) is 11.9. The largest absolute Gasteiger partial charge is 0.542 e. The van der Waals surface area contributed by atoms with Gasteiger partial charge in [-0.1, -0.05) is 34.1 Å². The van der Waals surface area contributed by atoms with E-state index < -0.39 is 8.32 Å². The van der Waals surface area contributed by atoms with Crippen LogP contribution in [-0.2, 0) is 14.7 Å². The van der Waals surface area contributed by atoms with E-state index in [-0.39, 0.29) is 11.0 Å². The van der Waals surface area contributed by atoms with Gasteiger partial charge in [-0.2, -0.15) is 0 Å². The predicted molar refractivity (Wildman–Crippen MR) is 99.0 cm³/mol. The highest BCUT2D eigenvalue weighted by Gasteiger charge is 2.38. The Labute approximate surface area is 145 Å². The second-order valence-electron chi connectivity index (χ2n) is 7.17. The molecule has 1 aromatic heterocycles. The molecule has 23 heavy (non-hydrogen) atoms. The van der Waals surface area contributed by atoms with Crippen LogP contribution in [0, 0.1) is 0 Å². The zero-order valence-electron chi connectivity index (χ0n) is 15.1. The lowest BCUT2D eigenvalue weighted by Gasteiger charge is -2.36. The third kappa shape index (κ3) is 6.95. The SMILES string of the molecule is CCCCC(=O)OSCc1ccc(O[Si](C)(C)C(C)(C)C)cn1. The summed E-state index contributed by atoms with van der Waals surface area (Å²) >= 11 is 1.14. The molecule has 0 saturated heterocycles. The van der Waals surface area contributed by atoms with Crippen molar-refractivity contribution < 1.29 is 13.4 Å². The topological polar surface area (TPSA) is 48.4 Å². The Bertz CT molecular complexity index is 498. The van der Waals surface area contributed by atoms with Gasteiger partial charge in [0.1, 0.15) is 5.75 Å². The molecule has 4 nitrogen and oxygen atoms in total. The normalized spacial score (nSPS) is 12.1. The van der Waals surface area contributed by atoms with Gasteiger partial charge in [0.2, 0.25) is 0 Å². The molecule has 0 aliphatic heterocycles. The minimum Gasteiger partial charge on any atom is -0.542 e. The highest BCUT2D eigenvalue weighted by molar-refractivity contribution is 7.94. The maximum absolute atomic E-state index is 11.4. The van der Waals surface area contributed by atoms with E-state index in [1.54, 1.807) is 6.20 Å². The summed E-state index contributed by atoms with van der Waals surface area (Å²) in [5.74, 6) is 1.21. The fourth-order valence-corrected chi connectivity index (χ4v) is 3.10. The molecule has 130 valence electrons. The fourth-order valence-electron chi connectivity index (χ4n) is 1.52. The lowest BCUT2D eigenvalue weighted by atomic mass is 10.2. The standard InChI is InChI=1S/C17H29NO3SSi/c1-7-8-9-16(19)20-22-13-14-10-11-15(12-18-14)21-23(5,6)17(2,3)4/h10-12H,7-9,13H2,1-6H3. The van der Waals surface area contributed by atoms with Gasteiger partial charge in [0, 0.05) is 6.42 Å². The summed E-state index contributed by atoms with van der Waals surface area (Å²) in [5, 5.41) is 0.161. The summed E-state index contributed by atoms with van der Waals surface area (Å²) in [5.41, 5.74) is 0.876. The molecule has 0 amide bonds. The van der Waals surface area contributed by atoms with Crippen LogP contribution in [0.25, 0.3) is 0 Å². The number of rotatable bonds is 8. The van der Waals surface area contributed by atoms with Crippen molar-refractivity contribution >= 4 is 26.3 Å². The van der Waals surface area contributed by atoms with Crippen LogP contribution >= 0.6 is 12.0 Å². The van der Waals surface area contributed by atoms with Gasteiger partial charge in [-0.3, -0.25) is 9.78 Å². The Kier molecular flexibility index (Phi) is 7.60. The molecule has 0 atom stereocenters. The van der Waals surface area contributed by atoms with E-state index in [0.29, 0.717) is 12.2 Å². The quantitative estimate of drug-likeness (QED) is 0.465. The van der Waals surface area contributed by atoms with Gasteiger partial charge < -0.3 is 8.61 Å². The Balaban J connectivity index is 2.46. The van der Waals surface area contributed by atoms with Crippen molar-refractivity contribution in [3.63, 3.8) is 0 Å². The smallest absolute Gasteiger partial charge is 0.317 e. The maximum Gasteiger partial charge on any atom is 0.317 e. The lowest BCUT2D eigenvalue weighted by molar-refractivity contribution is -0.133. The van der Waals surface area contributed by atoms with Crippen LogP contribution in [0.4, 0.5) is 0 Å². The molecule has 1 rings (SSSR count). The third-order valence-corrected chi connectivity index (χ3v) is 9.15. The minimum absolute atomic E-state index is 0.158. The van der Waals surface area contributed by atoms with Crippen molar-refractivity contribution in [2.75, 3.05) is 0 Å². The maximum atomic E-state index is 11.4. The summed E-state index contributed by atoms with van der Waals surface area (Å²) in [4.78, 5) is 15.8. The zero-order valence-corrected chi connectivity index (χ0v) is 17.0. The second-order valence-corrected chi connectivity index (χ2v) is 12.6. The second kappa shape index (κ2) is 8.73. The number of aromatic nitrogens is 1. The average molecular weight is 356 g/mol. The molecule has 0 spiro atoms. The van der Waals surface area contributed by atoms with E-state index >= 15 is 0 Å². The minimum atomic E-state index is -1.83. The number of nitrogens with zero attached hydrogens (tertiary/aromatic N) is 1. The van der Waals surface area contributed by atoms with Crippen molar-refractivity contribution in [2.24, 2.45) is 0 Å². The first-order valence-electron chi connectivity index (χ1n) is 8.12. The molecule has 0 aliphatic rings. The average Bonchev–Trinajstić information content (AvgIpc) is 2.45. The van der Waals surface area contributed by atoms with Gasteiger partial charge in [-0.05, 0) is 36.7 Å². The lowest BCUT2D eigenvalue weighted by Crippen LogP contribution is -2.43. The van der Waals surface area contributed by atoms with Crippen LogP contribution in [0.1, 0.15) is 52.7 Å². The molecule has 1 aromatic rings. The Morgan fingerprint density at radius 2 is 2.00 bits per heavy atom. The van der Waals surface area contributed by atoms with E-state index in [9.17, 15) is 4.79 Å². The molecule has 0 aliphatic carbocycles. The summed E-state index contributed by atoms with van der Waals surface area (Å²) in [6.45, 7) is 13.1. The molecular weight excluding hydrogens is 326 g/mol. The van der Waals surface area contributed by atoms with Crippen LogP contribution < -0.4 is 4.43 Å². The number of carbonyl (C=O) groups excluding carboxylic acids is 1. The highest BCUT2D eigenvalue weighted by Crippen LogP contribution is 2.37. The van der Waals surface area contributed by atoms with Crippen molar-refractivity contribution in [3.05, 3.63) is 24.0 Å². The first kappa shape index (κ1) is 20.0. The van der Waals surface area contributed by atoms with Crippen LogP contribution in [0.2, 0.25) is 18.1 Å². The van der Waals surface area contributed by atoms with E-state index in [2.05, 4.69) is 45.8 Å². The van der Waals surface area contributed by atoms with Crippen molar-refractivity contribution in [2.45, 2.75) is 70.8 Å². The van der Waals surface area contributed by atoms with Gasteiger partial charge in [0.05, 0.1) is 29.7 Å². The Morgan fingerprint density at radius 1 is 1.30 bits per heavy atom. The zero-order chi connectivity index (χ0) is 17.5. The van der Waals surface area contributed by atoms with Crippen LogP contribution in [0.15, 0.2) is 18.3 Å². The Morgan fingerprint density at radius 3 is 2.52 bits per heavy atom. The molecular formula is C17H29NO3SSi. The van der Waals surface area contributed by atoms with Gasteiger partial charge in [-0.25, -0.2) is 0 Å². The van der Waals surface area contributed by atoms with Crippen molar-refractivity contribution in [3.8, 4) is 5.75 Å². The van der Waals surface area contributed by atoms with Crippen LogP contribution in [-0.4, -0.2) is 19.3 Å². The number of unbranched alkanes of at least 4 members (excludes halogenated alkanes) is 1. The van der Waals surface area contributed by atoms with E-state index in [4.69, 9.17) is 8.61 Å². The van der Waals surface area contributed by atoms with Crippen molar-refractivity contribution in [1.82, 2.24) is 4.98 Å². The molecule has 1 heterocycles.